The number of halogens is 1. The zero-order valence-corrected chi connectivity index (χ0v) is 13.3. The summed E-state index contributed by atoms with van der Waals surface area (Å²) in [6.45, 7) is 2.41. The number of aromatic nitrogens is 2. The number of nitrogens with one attached hydrogen (secondary N) is 1. The molecule has 0 saturated heterocycles. The molecule has 0 fully saturated rings. The van der Waals surface area contributed by atoms with Crippen LogP contribution in [0.5, 0.6) is 0 Å². The molecule has 0 bridgehead atoms. The Labute approximate surface area is 129 Å². The van der Waals surface area contributed by atoms with E-state index in [4.69, 9.17) is 0 Å². The van der Waals surface area contributed by atoms with Crippen molar-refractivity contribution in [2.24, 2.45) is 0 Å². The number of nitrogens with zero attached hydrogens (tertiary/aromatic N) is 3. The maximum absolute atomic E-state index is 13.4. The molecule has 2 aromatic rings. The molecule has 1 atom stereocenters. The number of hydrogen-bond donors (Lipinski definition) is 1. The summed E-state index contributed by atoms with van der Waals surface area (Å²) in [5, 5.41) is 6.96. The highest BCUT2D eigenvalue weighted by molar-refractivity contribution is 5.80. The van der Waals surface area contributed by atoms with Crippen molar-refractivity contribution in [2.75, 3.05) is 21.1 Å². The highest BCUT2D eigenvalue weighted by atomic mass is 19.1. The van der Waals surface area contributed by atoms with Gasteiger partial charge >= 0.3 is 0 Å². The van der Waals surface area contributed by atoms with Gasteiger partial charge in [-0.15, -0.1) is 0 Å². The van der Waals surface area contributed by atoms with Gasteiger partial charge in [-0.25, -0.2) is 4.39 Å². The molecular weight excluding hydrogens is 283 g/mol. The van der Waals surface area contributed by atoms with Gasteiger partial charge in [0.25, 0.3) is 0 Å². The summed E-state index contributed by atoms with van der Waals surface area (Å²) in [5.41, 5.74) is 2.44. The number of rotatable bonds is 5. The van der Waals surface area contributed by atoms with Crippen LogP contribution < -0.4 is 0 Å². The van der Waals surface area contributed by atoms with E-state index in [-0.39, 0.29) is 17.8 Å². The maximum Gasteiger partial charge on any atom is 0.239 e. The molecule has 1 heterocycles. The Bertz CT molecular complexity index is 653. The van der Waals surface area contributed by atoms with Crippen LogP contribution in [0.3, 0.4) is 0 Å². The van der Waals surface area contributed by atoms with Gasteiger partial charge < -0.3 is 4.90 Å². The molecule has 0 aliphatic carbocycles. The van der Waals surface area contributed by atoms with E-state index >= 15 is 0 Å². The molecule has 118 valence electrons. The fourth-order valence-electron chi connectivity index (χ4n) is 2.29. The number of benzene rings is 1. The van der Waals surface area contributed by atoms with Gasteiger partial charge in [0.15, 0.2) is 0 Å². The molecule has 1 N–H and O–H groups in total. The zero-order valence-electron chi connectivity index (χ0n) is 13.3. The predicted molar refractivity (Wildman–Crippen MR) is 83.6 cm³/mol. The molecule has 1 unspecified atom stereocenters. The molecule has 0 saturated carbocycles. The lowest BCUT2D eigenvalue weighted by molar-refractivity contribution is -0.133. The van der Waals surface area contributed by atoms with Gasteiger partial charge in [-0.1, -0.05) is 12.1 Å². The number of amides is 1. The van der Waals surface area contributed by atoms with Crippen molar-refractivity contribution in [3.05, 3.63) is 41.8 Å². The van der Waals surface area contributed by atoms with Gasteiger partial charge in [0.2, 0.25) is 5.91 Å². The van der Waals surface area contributed by atoms with Crippen LogP contribution in [0.25, 0.3) is 11.3 Å². The standard InChI is InChI=1S/C16H21FN4O/c1-11(16(22)20(2)3)21(4)10-13-9-18-19-15(13)12-6-5-7-14(17)8-12/h5-9,11H,10H2,1-4H3,(H,18,19). The smallest absolute Gasteiger partial charge is 0.239 e. The van der Waals surface area contributed by atoms with Gasteiger partial charge in [0, 0.05) is 31.8 Å². The Morgan fingerprint density at radius 3 is 2.73 bits per heavy atom. The van der Waals surface area contributed by atoms with Crippen molar-refractivity contribution in [1.82, 2.24) is 20.0 Å². The molecule has 5 nitrogen and oxygen atoms in total. The molecule has 0 spiro atoms. The molecule has 22 heavy (non-hydrogen) atoms. The first-order valence-electron chi connectivity index (χ1n) is 7.09. The Balaban J connectivity index is 2.18. The van der Waals surface area contributed by atoms with Crippen LogP contribution >= 0.6 is 0 Å². The van der Waals surface area contributed by atoms with Crippen LogP contribution in [0, 0.1) is 5.82 Å². The second-order valence-corrected chi connectivity index (χ2v) is 5.60. The lowest BCUT2D eigenvalue weighted by atomic mass is 10.1. The molecular formula is C16H21FN4O. The van der Waals surface area contributed by atoms with Crippen molar-refractivity contribution < 1.29 is 9.18 Å². The van der Waals surface area contributed by atoms with Crippen LogP contribution in [0.1, 0.15) is 12.5 Å². The van der Waals surface area contributed by atoms with E-state index in [0.29, 0.717) is 6.54 Å². The van der Waals surface area contributed by atoms with E-state index in [1.54, 1.807) is 31.3 Å². The number of H-pyrrole nitrogens is 1. The van der Waals surface area contributed by atoms with Crippen molar-refractivity contribution >= 4 is 5.91 Å². The third-order valence-electron chi connectivity index (χ3n) is 3.71. The summed E-state index contributed by atoms with van der Waals surface area (Å²) in [4.78, 5) is 15.5. The van der Waals surface area contributed by atoms with Crippen LogP contribution in [0.4, 0.5) is 4.39 Å². The van der Waals surface area contributed by atoms with Gasteiger partial charge in [0.1, 0.15) is 5.82 Å². The first-order chi connectivity index (χ1) is 10.4. The minimum atomic E-state index is -0.289. The van der Waals surface area contributed by atoms with Crippen LogP contribution in [-0.2, 0) is 11.3 Å². The lowest BCUT2D eigenvalue weighted by Crippen LogP contribution is -2.42. The molecule has 0 radical (unpaired) electrons. The van der Waals surface area contributed by atoms with Crippen molar-refractivity contribution in [3.63, 3.8) is 0 Å². The number of aromatic amines is 1. The summed E-state index contributed by atoms with van der Waals surface area (Å²) in [7, 11) is 5.36. The second-order valence-electron chi connectivity index (χ2n) is 5.60. The Morgan fingerprint density at radius 1 is 1.36 bits per heavy atom. The molecule has 1 amide bonds. The monoisotopic (exact) mass is 304 g/mol. The molecule has 1 aromatic heterocycles. The SMILES string of the molecule is CC(C(=O)N(C)C)N(C)Cc1cn[nH]c1-c1cccc(F)c1. The third kappa shape index (κ3) is 3.51. The average Bonchev–Trinajstić information content (AvgIpc) is 2.93. The minimum absolute atomic E-state index is 0.0401. The molecule has 6 heteroatoms. The van der Waals surface area contributed by atoms with E-state index in [0.717, 1.165) is 16.8 Å². The Hall–Kier alpha value is -2.21. The molecule has 0 aliphatic rings. The first kappa shape index (κ1) is 16.2. The molecule has 1 aromatic carbocycles. The lowest BCUT2D eigenvalue weighted by Gasteiger charge is -2.26. The Morgan fingerprint density at radius 2 is 2.09 bits per heavy atom. The quantitative estimate of drug-likeness (QED) is 0.920. The van der Waals surface area contributed by atoms with Crippen molar-refractivity contribution in [1.29, 1.82) is 0 Å². The van der Waals surface area contributed by atoms with Crippen molar-refractivity contribution in [2.45, 2.75) is 19.5 Å². The highest BCUT2D eigenvalue weighted by Gasteiger charge is 2.21. The summed E-state index contributed by atoms with van der Waals surface area (Å²) in [6.07, 6.45) is 1.71. The van der Waals surface area contributed by atoms with Gasteiger partial charge in [-0.2, -0.15) is 5.10 Å². The summed E-state index contributed by atoms with van der Waals surface area (Å²) in [6, 6.07) is 6.12. The number of carbonyl (C=O) groups excluding carboxylic acids is 1. The van der Waals surface area contributed by atoms with Crippen LogP contribution in [-0.4, -0.2) is 53.1 Å². The highest BCUT2D eigenvalue weighted by Crippen LogP contribution is 2.23. The van der Waals surface area contributed by atoms with Gasteiger partial charge in [-0.05, 0) is 26.1 Å². The van der Waals surface area contributed by atoms with Crippen LogP contribution in [0.2, 0.25) is 0 Å². The topological polar surface area (TPSA) is 52.2 Å². The third-order valence-corrected chi connectivity index (χ3v) is 3.71. The summed E-state index contributed by atoms with van der Waals surface area (Å²) in [5.74, 6) is -0.249. The number of hydrogen-bond acceptors (Lipinski definition) is 3. The van der Waals surface area contributed by atoms with Gasteiger partial charge in [-0.3, -0.25) is 14.8 Å². The van der Waals surface area contributed by atoms with E-state index < -0.39 is 0 Å². The molecule has 2 rings (SSSR count). The summed E-state index contributed by atoms with van der Waals surface area (Å²) < 4.78 is 13.4. The first-order valence-corrected chi connectivity index (χ1v) is 7.09. The van der Waals surface area contributed by atoms with E-state index in [1.807, 2.05) is 24.9 Å². The minimum Gasteiger partial charge on any atom is -0.347 e. The number of likely N-dealkylation sites (N-methyl/N-ethyl adjacent to an activating group) is 2. The van der Waals surface area contributed by atoms with Crippen LogP contribution in [0.15, 0.2) is 30.5 Å². The summed E-state index contributed by atoms with van der Waals surface area (Å²) >= 11 is 0. The average molecular weight is 304 g/mol. The molecule has 0 aliphatic heterocycles. The number of carbonyl (C=O) groups is 1. The maximum atomic E-state index is 13.4. The zero-order chi connectivity index (χ0) is 16.3. The largest absolute Gasteiger partial charge is 0.347 e. The van der Waals surface area contributed by atoms with Crippen molar-refractivity contribution in [3.8, 4) is 11.3 Å². The van der Waals surface area contributed by atoms with E-state index in [1.165, 1.54) is 12.1 Å². The fraction of sp³-hybridized carbons (Fsp3) is 0.375. The predicted octanol–water partition coefficient (Wildman–Crippen LogP) is 2.12. The fourth-order valence-corrected chi connectivity index (χ4v) is 2.29. The Kier molecular flexibility index (Phi) is 4.92. The normalized spacial score (nSPS) is 12.5. The van der Waals surface area contributed by atoms with E-state index in [2.05, 4.69) is 10.2 Å². The van der Waals surface area contributed by atoms with E-state index in [9.17, 15) is 9.18 Å². The second kappa shape index (κ2) is 6.70. The van der Waals surface area contributed by atoms with Gasteiger partial charge in [0.05, 0.1) is 17.9 Å².